The molecule has 1 aromatic carbocycles. The Balaban J connectivity index is 1.32. The molecule has 6 nitrogen and oxygen atoms in total. The van der Waals surface area contributed by atoms with Crippen LogP contribution in [0.2, 0.25) is 0 Å². The molecule has 2 aromatic rings. The summed E-state index contributed by atoms with van der Waals surface area (Å²) in [4.78, 5) is 11.8. The average molecular weight is 422 g/mol. The highest BCUT2D eigenvalue weighted by molar-refractivity contribution is 5.80. The van der Waals surface area contributed by atoms with E-state index < -0.39 is 0 Å². The van der Waals surface area contributed by atoms with Crippen LogP contribution in [0.15, 0.2) is 47.6 Å². The van der Waals surface area contributed by atoms with Crippen molar-refractivity contribution in [3.63, 3.8) is 0 Å². The molecule has 4 rings (SSSR count). The van der Waals surface area contributed by atoms with E-state index in [2.05, 4.69) is 64.7 Å². The lowest BCUT2D eigenvalue weighted by atomic mass is 10.1. The molecule has 0 spiro atoms. The summed E-state index contributed by atoms with van der Waals surface area (Å²) < 4.78 is 6.04. The summed E-state index contributed by atoms with van der Waals surface area (Å²) in [7, 11) is 0. The number of hydrogen-bond donors (Lipinski definition) is 2. The SMILES string of the molecule is CCNC(=NCc1ccccc1OCC1CC1)NC1CCN(c2ccc(C)cn2)CC1. The van der Waals surface area contributed by atoms with Gasteiger partial charge in [0.1, 0.15) is 11.6 Å². The topological polar surface area (TPSA) is 61.8 Å². The zero-order valence-corrected chi connectivity index (χ0v) is 18.8. The Morgan fingerprint density at radius 2 is 1.94 bits per heavy atom. The van der Waals surface area contributed by atoms with E-state index >= 15 is 0 Å². The molecule has 166 valence electrons. The number of ether oxygens (including phenoxy) is 1. The maximum atomic E-state index is 6.04. The third-order valence-electron chi connectivity index (χ3n) is 5.95. The van der Waals surface area contributed by atoms with Crippen LogP contribution in [0.4, 0.5) is 5.82 Å². The highest BCUT2D eigenvalue weighted by Gasteiger charge is 2.23. The molecular weight excluding hydrogens is 386 g/mol. The number of guanidine groups is 1. The first-order chi connectivity index (χ1) is 15.2. The van der Waals surface area contributed by atoms with E-state index in [4.69, 9.17) is 9.73 Å². The van der Waals surface area contributed by atoms with Crippen LogP contribution in [-0.2, 0) is 6.54 Å². The molecule has 2 N–H and O–H groups in total. The molecular formula is C25H35N5O. The Morgan fingerprint density at radius 1 is 1.13 bits per heavy atom. The van der Waals surface area contributed by atoms with E-state index in [0.29, 0.717) is 12.6 Å². The molecule has 1 saturated carbocycles. The fourth-order valence-electron chi connectivity index (χ4n) is 3.84. The molecule has 1 aliphatic heterocycles. The van der Waals surface area contributed by atoms with Gasteiger partial charge in [-0.3, -0.25) is 0 Å². The first-order valence-corrected chi connectivity index (χ1v) is 11.6. The minimum Gasteiger partial charge on any atom is -0.493 e. The number of para-hydroxylation sites is 1. The molecule has 1 aliphatic carbocycles. The number of anilines is 1. The number of hydrogen-bond acceptors (Lipinski definition) is 4. The number of aromatic nitrogens is 1. The lowest BCUT2D eigenvalue weighted by Gasteiger charge is -2.33. The van der Waals surface area contributed by atoms with E-state index in [1.165, 1.54) is 18.4 Å². The van der Waals surface area contributed by atoms with Crippen molar-refractivity contribution in [3.05, 3.63) is 53.7 Å². The molecule has 0 unspecified atom stereocenters. The number of aryl methyl sites for hydroxylation is 1. The normalized spacial score (nSPS) is 17.5. The Hall–Kier alpha value is -2.76. The number of aliphatic imine (C=N–C) groups is 1. The van der Waals surface area contributed by atoms with E-state index in [1.54, 1.807) is 0 Å². The lowest BCUT2D eigenvalue weighted by Crippen LogP contribution is -2.48. The summed E-state index contributed by atoms with van der Waals surface area (Å²) in [6.07, 6.45) is 6.69. The second-order valence-electron chi connectivity index (χ2n) is 8.66. The van der Waals surface area contributed by atoms with E-state index in [9.17, 15) is 0 Å². The standard InChI is InChI=1S/C25H35N5O/c1-3-26-25(28-17-21-6-4-5-7-23(21)31-18-20-9-10-20)29-22-12-14-30(15-13-22)24-11-8-19(2)16-27-24/h4-8,11,16,20,22H,3,9-10,12-15,17-18H2,1-2H3,(H2,26,28,29). The summed E-state index contributed by atoms with van der Waals surface area (Å²) in [5.74, 6) is 3.67. The monoisotopic (exact) mass is 421 g/mol. The van der Waals surface area contributed by atoms with Gasteiger partial charge in [0.05, 0.1) is 13.2 Å². The number of nitrogens with zero attached hydrogens (tertiary/aromatic N) is 3. The van der Waals surface area contributed by atoms with Crippen molar-refractivity contribution in [1.29, 1.82) is 0 Å². The van der Waals surface area contributed by atoms with Crippen LogP contribution in [0.5, 0.6) is 5.75 Å². The molecule has 2 heterocycles. The van der Waals surface area contributed by atoms with Crippen molar-refractivity contribution >= 4 is 11.8 Å². The second-order valence-corrected chi connectivity index (χ2v) is 8.66. The molecule has 0 radical (unpaired) electrons. The molecule has 6 heteroatoms. The third-order valence-corrected chi connectivity index (χ3v) is 5.95. The van der Waals surface area contributed by atoms with Crippen LogP contribution in [0, 0.1) is 12.8 Å². The van der Waals surface area contributed by atoms with Crippen molar-refractivity contribution in [3.8, 4) is 5.75 Å². The summed E-state index contributed by atoms with van der Waals surface area (Å²) >= 11 is 0. The van der Waals surface area contributed by atoms with Crippen LogP contribution < -0.4 is 20.3 Å². The quantitative estimate of drug-likeness (QED) is 0.500. The van der Waals surface area contributed by atoms with Gasteiger partial charge in [0.2, 0.25) is 0 Å². The molecule has 1 aromatic heterocycles. The molecule has 0 amide bonds. The van der Waals surface area contributed by atoms with Gasteiger partial charge in [-0.25, -0.2) is 9.98 Å². The maximum Gasteiger partial charge on any atom is 0.191 e. The highest BCUT2D eigenvalue weighted by Crippen LogP contribution is 2.30. The molecule has 1 saturated heterocycles. The van der Waals surface area contributed by atoms with Gasteiger partial charge in [0.25, 0.3) is 0 Å². The Kier molecular flexibility index (Phi) is 7.28. The zero-order chi connectivity index (χ0) is 21.5. The smallest absolute Gasteiger partial charge is 0.191 e. The van der Waals surface area contributed by atoms with Crippen molar-refractivity contribution < 1.29 is 4.74 Å². The van der Waals surface area contributed by atoms with E-state index in [0.717, 1.165) is 68.1 Å². The molecule has 31 heavy (non-hydrogen) atoms. The molecule has 2 fully saturated rings. The van der Waals surface area contributed by atoms with Gasteiger partial charge in [-0.05, 0) is 63.1 Å². The van der Waals surface area contributed by atoms with Crippen molar-refractivity contribution in [2.75, 3.05) is 31.1 Å². The average Bonchev–Trinajstić information content (AvgIpc) is 3.62. The van der Waals surface area contributed by atoms with Gasteiger partial charge in [-0.1, -0.05) is 24.3 Å². The van der Waals surface area contributed by atoms with Crippen molar-refractivity contribution in [2.24, 2.45) is 10.9 Å². The Bertz CT molecular complexity index is 854. The molecule has 0 atom stereocenters. The van der Waals surface area contributed by atoms with Gasteiger partial charge < -0.3 is 20.3 Å². The predicted molar refractivity (Wildman–Crippen MR) is 127 cm³/mol. The van der Waals surface area contributed by atoms with Crippen LogP contribution in [0.1, 0.15) is 43.7 Å². The number of rotatable bonds is 8. The predicted octanol–water partition coefficient (Wildman–Crippen LogP) is 3.90. The summed E-state index contributed by atoms with van der Waals surface area (Å²) in [5.41, 5.74) is 2.34. The summed E-state index contributed by atoms with van der Waals surface area (Å²) in [6, 6.07) is 12.9. The van der Waals surface area contributed by atoms with Gasteiger partial charge >= 0.3 is 0 Å². The van der Waals surface area contributed by atoms with Crippen molar-refractivity contribution in [1.82, 2.24) is 15.6 Å². The fraction of sp³-hybridized carbons (Fsp3) is 0.520. The first-order valence-electron chi connectivity index (χ1n) is 11.6. The Labute approximate surface area is 186 Å². The Morgan fingerprint density at radius 3 is 2.65 bits per heavy atom. The number of pyridine rings is 1. The molecule has 0 bridgehead atoms. The van der Waals surface area contributed by atoms with E-state index in [-0.39, 0.29) is 0 Å². The first kappa shape index (κ1) is 21.5. The van der Waals surface area contributed by atoms with Crippen LogP contribution in [-0.4, -0.2) is 43.2 Å². The van der Waals surface area contributed by atoms with Crippen LogP contribution in [0.3, 0.4) is 0 Å². The van der Waals surface area contributed by atoms with Gasteiger partial charge in [0.15, 0.2) is 5.96 Å². The second kappa shape index (κ2) is 10.5. The third kappa shape index (κ3) is 6.36. The fourth-order valence-corrected chi connectivity index (χ4v) is 3.84. The highest BCUT2D eigenvalue weighted by atomic mass is 16.5. The van der Waals surface area contributed by atoms with Gasteiger partial charge in [-0.2, -0.15) is 0 Å². The largest absolute Gasteiger partial charge is 0.493 e. The summed E-state index contributed by atoms with van der Waals surface area (Å²) in [5, 5.41) is 7.04. The van der Waals surface area contributed by atoms with Crippen molar-refractivity contribution in [2.45, 2.75) is 52.1 Å². The maximum absolute atomic E-state index is 6.04. The van der Waals surface area contributed by atoms with Gasteiger partial charge in [0, 0.05) is 37.4 Å². The molecule has 2 aliphatic rings. The van der Waals surface area contributed by atoms with Gasteiger partial charge in [-0.15, -0.1) is 0 Å². The minimum atomic E-state index is 0.417. The minimum absolute atomic E-state index is 0.417. The van der Waals surface area contributed by atoms with Crippen LogP contribution >= 0.6 is 0 Å². The number of piperidine rings is 1. The lowest BCUT2D eigenvalue weighted by molar-refractivity contribution is 0.297. The summed E-state index contributed by atoms with van der Waals surface area (Å²) in [6.45, 7) is 8.48. The zero-order valence-electron chi connectivity index (χ0n) is 18.8. The number of nitrogens with one attached hydrogen (secondary N) is 2. The van der Waals surface area contributed by atoms with E-state index in [1.807, 2.05) is 12.3 Å². The van der Waals surface area contributed by atoms with Crippen LogP contribution in [0.25, 0.3) is 0 Å². The number of benzene rings is 1.